The van der Waals surface area contributed by atoms with Gasteiger partial charge in [-0.15, -0.1) is 0 Å². The van der Waals surface area contributed by atoms with Crippen LogP contribution in [-0.2, 0) is 7.05 Å². The molecule has 0 radical (unpaired) electrons. The van der Waals surface area contributed by atoms with E-state index in [0.29, 0.717) is 12.6 Å². The number of nitrogens with zero attached hydrogens (tertiary/aromatic N) is 2. The molecule has 18 heavy (non-hydrogen) atoms. The van der Waals surface area contributed by atoms with Gasteiger partial charge in [0.15, 0.2) is 5.78 Å². The number of aliphatic hydroxyl groups is 1. The number of hydrogen-bond acceptors (Lipinski definition) is 3. The minimum atomic E-state index is 0.173. The highest BCUT2D eigenvalue weighted by Gasteiger charge is 2.24. The predicted octanol–water partition coefficient (Wildman–Crippen LogP) is 1.44. The van der Waals surface area contributed by atoms with Gasteiger partial charge in [0.25, 0.3) is 0 Å². The second kappa shape index (κ2) is 6.16. The summed E-state index contributed by atoms with van der Waals surface area (Å²) in [5.41, 5.74) is 0.767. The Morgan fingerprint density at radius 1 is 1.50 bits per heavy atom. The van der Waals surface area contributed by atoms with Gasteiger partial charge in [-0.3, -0.25) is 9.69 Å². The van der Waals surface area contributed by atoms with Gasteiger partial charge in [0, 0.05) is 25.9 Å². The number of aryl methyl sites for hydroxylation is 1. The Balaban J connectivity index is 1.98. The molecule has 0 aliphatic carbocycles. The zero-order chi connectivity index (χ0) is 13.0. The molecule has 0 spiro atoms. The van der Waals surface area contributed by atoms with E-state index in [4.69, 9.17) is 5.11 Å². The van der Waals surface area contributed by atoms with Gasteiger partial charge in [0.2, 0.25) is 0 Å². The Hall–Kier alpha value is -1.13. The average molecular weight is 250 g/mol. The van der Waals surface area contributed by atoms with Gasteiger partial charge in [0.05, 0.1) is 12.2 Å². The summed E-state index contributed by atoms with van der Waals surface area (Å²) in [6.07, 6.45) is 6.14. The molecular weight excluding hydrogens is 228 g/mol. The third kappa shape index (κ3) is 3.00. The van der Waals surface area contributed by atoms with Crippen LogP contribution < -0.4 is 0 Å². The van der Waals surface area contributed by atoms with Crippen LogP contribution in [0.25, 0.3) is 0 Å². The molecule has 0 aromatic carbocycles. The summed E-state index contributed by atoms with van der Waals surface area (Å²) in [4.78, 5) is 14.5. The standard InChI is InChI=1S/C14H22N2O2/c1-15-8-4-6-13(15)14(18)11-16-9-3-2-5-12(16)7-10-17/h4,6,8,12,17H,2-3,5,7,9-11H2,1H3. The first kappa shape index (κ1) is 13.3. The molecule has 4 heteroatoms. The van der Waals surface area contributed by atoms with Gasteiger partial charge in [0.1, 0.15) is 0 Å². The quantitative estimate of drug-likeness (QED) is 0.804. The first-order chi connectivity index (χ1) is 8.72. The van der Waals surface area contributed by atoms with Crippen LogP contribution in [0.15, 0.2) is 18.3 Å². The minimum absolute atomic E-state index is 0.173. The summed E-state index contributed by atoms with van der Waals surface area (Å²) in [6.45, 7) is 1.66. The van der Waals surface area contributed by atoms with E-state index < -0.39 is 0 Å². The largest absolute Gasteiger partial charge is 0.396 e. The zero-order valence-electron chi connectivity index (χ0n) is 11.0. The molecule has 1 unspecified atom stereocenters. The fourth-order valence-corrected chi connectivity index (χ4v) is 2.76. The van der Waals surface area contributed by atoms with E-state index in [2.05, 4.69) is 4.90 Å². The molecule has 1 atom stereocenters. The van der Waals surface area contributed by atoms with Gasteiger partial charge in [-0.1, -0.05) is 6.42 Å². The number of ketones is 1. The maximum Gasteiger partial charge on any atom is 0.193 e. The summed E-state index contributed by atoms with van der Waals surface area (Å²) in [7, 11) is 1.90. The number of aliphatic hydroxyl groups excluding tert-OH is 1. The second-order valence-electron chi connectivity index (χ2n) is 5.06. The van der Waals surface area contributed by atoms with Crippen molar-refractivity contribution in [3.05, 3.63) is 24.0 Å². The molecule has 100 valence electrons. The molecule has 0 bridgehead atoms. The molecule has 1 fully saturated rings. The number of aromatic nitrogens is 1. The van der Waals surface area contributed by atoms with Crippen molar-refractivity contribution in [1.29, 1.82) is 0 Å². The van der Waals surface area contributed by atoms with E-state index in [0.717, 1.165) is 31.5 Å². The third-order valence-corrected chi connectivity index (χ3v) is 3.79. The molecule has 1 aliphatic rings. The van der Waals surface area contributed by atoms with Gasteiger partial charge < -0.3 is 9.67 Å². The number of Topliss-reactive ketones (excluding diaryl/α,β-unsaturated/α-hetero) is 1. The summed E-state index contributed by atoms with van der Waals surface area (Å²) in [5, 5.41) is 9.08. The van der Waals surface area contributed by atoms with Crippen molar-refractivity contribution in [1.82, 2.24) is 9.47 Å². The first-order valence-electron chi connectivity index (χ1n) is 6.72. The van der Waals surface area contributed by atoms with Crippen molar-refractivity contribution in [2.45, 2.75) is 31.7 Å². The number of rotatable bonds is 5. The van der Waals surface area contributed by atoms with Crippen LogP contribution in [0.2, 0.25) is 0 Å². The molecule has 2 rings (SSSR count). The van der Waals surface area contributed by atoms with Crippen LogP contribution in [0.1, 0.15) is 36.2 Å². The smallest absolute Gasteiger partial charge is 0.193 e. The van der Waals surface area contributed by atoms with Crippen molar-refractivity contribution < 1.29 is 9.90 Å². The number of carbonyl (C=O) groups is 1. The Labute approximate surface area is 108 Å². The lowest BCUT2D eigenvalue weighted by Gasteiger charge is -2.34. The Bertz CT molecular complexity index is 398. The maximum atomic E-state index is 12.2. The first-order valence-corrected chi connectivity index (χ1v) is 6.72. The fourth-order valence-electron chi connectivity index (χ4n) is 2.76. The van der Waals surface area contributed by atoms with E-state index in [1.54, 1.807) is 0 Å². The van der Waals surface area contributed by atoms with Crippen molar-refractivity contribution in [3.63, 3.8) is 0 Å². The van der Waals surface area contributed by atoms with Crippen molar-refractivity contribution in [2.75, 3.05) is 19.7 Å². The van der Waals surface area contributed by atoms with Gasteiger partial charge in [-0.05, 0) is 37.9 Å². The molecule has 1 aromatic rings. The van der Waals surface area contributed by atoms with Crippen molar-refractivity contribution >= 4 is 5.78 Å². The van der Waals surface area contributed by atoms with E-state index in [9.17, 15) is 4.79 Å². The van der Waals surface area contributed by atoms with Crippen molar-refractivity contribution in [3.8, 4) is 0 Å². The molecule has 2 heterocycles. The highest BCUT2D eigenvalue weighted by molar-refractivity contribution is 5.96. The van der Waals surface area contributed by atoms with E-state index in [-0.39, 0.29) is 12.4 Å². The van der Waals surface area contributed by atoms with Gasteiger partial charge in [-0.2, -0.15) is 0 Å². The van der Waals surface area contributed by atoms with Gasteiger partial charge in [-0.25, -0.2) is 0 Å². The fraction of sp³-hybridized carbons (Fsp3) is 0.643. The zero-order valence-corrected chi connectivity index (χ0v) is 11.0. The van der Waals surface area contributed by atoms with Crippen LogP contribution in [0.3, 0.4) is 0 Å². The Morgan fingerprint density at radius 2 is 2.33 bits per heavy atom. The normalized spacial score (nSPS) is 21.1. The van der Waals surface area contributed by atoms with Crippen LogP contribution in [0.4, 0.5) is 0 Å². The summed E-state index contributed by atoms with van der Waals surface area (Å²) >= 11 is 0. The van der Waals surface area contributed by atoms with E-state index in [1.165, 1.54) is 6.42 Å². The lowest BCUT2D eigenvalue weighted by molar-refractivity contribution is 0.0792. The Morgan fingerprint density at radius 3 is 3.00 bits per heavy atom. The molecule has 1 saturated heterocycles. The maximum absolute atomic E-state index is 12.2. The highest BCUT2D eigenvalue weighted by Crippen LogP contribution is 2.19. The molecule has 0 amide bonds. The van der Waals surface area contributed by atoms with Crippen LogP contribution in [0, 0.1) is 0 Å². The topological polar surface area (TPSA) is 45.5 Å². The number of piperidine rings is 1. The Kier molecular flexibility index (Phi) is 4.55. The van der Waals surface area contributed by atoms with Crippen LogP contribution in [0.5, 0.6) is 0 Å². The van der Waals surface area contributed by atoms with E-state index >= 15 is 0 Å². The SMILES string of the molecule is Cn1cccc1C(=O)CN1CCCCC1CCO. The average Bonchev–Trinajstić information content (AvgIpc) is 2.78. The summed E-state index contributed by atoms with van der Waals surface area (Å²) < 4.78 is 1.87. The monoisotopic (exact) mass is 250 g/mol. The third-order valence-electron chi connectivity index (χ3n) is 3.79. The lowest BCUT2D eigenvalue weighted by atomic mass is 9.99. The molecule has 0 saturated carbocycles. The minimum Gasteiger partial charge on any atom is -0.396 e. The highest BCUT2D eigenvalue weighted by atomic mass is 16.3. The summed E-state index contributed by atoms with van der Waals surface area (Å²) in [6, 6.07) is 4.13. The molecule has 1 N–H and O–H groups in total. The van der Waals surface area contributed by atoms with Crippen LogP contribution in [-0.4, -0.2) is 46.1 Å². The number of carbonyl (C=O) groups excluding carboxylic acids is 1. The second-order valence-corrected chi connectivity index (χ2v) is 5.06. The lowest BCUT2D eigenvalue weighted by Crippen LogP contribution is -2.43. The summed E-state index contributed by atoms with van der Waals surface area (Å²) in [5.74, 6) is 0.173. The molecule has 1 aliphatic heterocycles. The number of hydrogen-bond donors (Lipinski definition) is 1. The van der Waals surface area contributed by atoms with Crippen LogP contribution >= 0.6 is 0 Å². The van der Waals surface area contributed by atoms with Crippen molar-refractivity contribution in [2.24, 2.45) is 7.05 Å². The number of likely N-dealkylation sites (tertiary alicyclic amines) is 1. The molecule has 4 nitrogen and oxygen atoms in total. The van der Waals surface area contributed by atoms with Gasteiger partial charge >= 0.3 is 0 Å². The predicted molar refractivity (Wildman–Crippen MR) is 70.7 cm³/mol. The molecular formula is C14H22N2O2. The molecule has 1 aromatic heterocycles. The van der Waals surface area contributed by atoms with E-state index in [1.807, 2.05) is 29.9 Å².